The van der Waals surface area contributed by atoms with Gasteiger partial charge in [0.15, 0.2) is 0 Å². The van der Waals surface area contributed by atoms with Crippen molar-refractivity contribution in [3.8, 4) is 0 Å². The molecule has 1 aliphatic rings. The highest BCUT2D eigenvalue weighted by molar-refractivity contribution is 5.85. The highest BCUT2D eigenvalue weighted by Crippen LogP contribution is 1.76. The third-order valence-corrected chi connectivity index (χ3v) is 0.478. The molecule has 0 saturated carbocycles. The Kier molecular flexibility index (Phi) is 3.78. The van der Waals surface area contributed by atoms with E-state index in [1.165, 1.54) is 0 Å². The van der Waals surface area contributed by atoms with Crippen LogP contribution in [0.2, 0.25) is 0 Å². The van der Waals surface area contributed by atoms with Gasteiger partial charge in [-0.2, -0.15) is 0 Å². The lowest BCUT2D eigenvalue weighted by atomic mass is 10.7. The van der Waals surface area contributed by atoms with Crippen molar-refractivity contribution in [2.24, 2.45) is 15.5 Å². The average Bonchev–Trinajstić information content (AvgIpc) is 1.90. The smallest absolute Gasteiger partial charge is 0.0529 e. The minimum absolute atomic E-state index is 0. The van der Waals surface area contributed by atoms with Crippen LogP contribution in [0.3, 0.4) is 0 Å². The van der Waals surface area contributed by atoms with Crippen LogP contribution in [0.1, 0.15) is 0 Å². The first kappa shape index (κ1) is 7.10. The maximum Gasteiger partial charge on any atom is 0.0529 e. The number of rotatable bonds is 0. The van der Waals surface area contributed by atoms with E-state index >= 15 is 0 Å². The molecule has 0 bridgehead atoms. The monoisotopic (exact) mass is 132 g/mol. The van der Waals surface area contributed by atoms with Gasteiger partial charge in [0.1, 0.15) is 0 Å². The summed E-state index contributed by atoms with van der Waals surface area (Å²) in [5.41, 5.74) is 2.50. The van der Waals surface area contributed by atoms with Crippen molar-refractivity contribution < 1.29 is 0 Å². The fourth-order valence-electron chi connectivity index (χ4n) is 0.239. The second kappa shape index (κ2) is 4.26. The Balaban J connectivity index is 0.000000490. The van der Waals surface area contributed by atoms with Crippen LogP contribution in [0, 0.1) is 0 Å². The zero-order valence-corrected chi connectivity index (χ0v) is 4.80. The van der Waals surface area contributed by atoms with E-state index in [1.807, 2.05) is 0 Å². The summed E-state index contributed by atoms with van der Waals surface area (Å²) in [7, 11) is 0. The summed E-state index contributed by atoms with van der Waals surface area (Å²) in [6.07, 6.45) is 4.89. The molecule has 1 N–H and O–H groups in total. The minimum Gasteiger partial charge on any atom is -0.266 e. The molecule has 0 fully saturated rings. The number of halogens is 1. The summed E-state index contributed by atoms with van der Waals surface area (Å²) in [4.78, 5) is 0. The van der Waals surface area contributed by atoms with Crippen LogP contribution in [0.15, 0.2) is 27.8 Å². The predicted molar refractivity (Wildman–Crippen MR) is 32.9 cm³/mol. The lowest BCUT2D eigenvalue weighted by Gasteiger charge is -1.75. The van der Waals surface area contributed by atoms with Gasteiger partial charge in [0.05, 0.1) is 6.21 Å². The van der Waals surface area contributed by atoms with E-state index in [0.29, 0.717) is 0 Å². The van der Waals surface area contributed by atoms with Crippen molar-refractivity contribution in [3.63, 3.8) is 0 Å². The fraction of sp³-hybridized carbons (Fsp3) is 0. The summed E-state index contributed by atoms with van der Waals surface area (Å²) < 4.78 is 0. The average molecular weight is 133 g/mol. The Hall–Kier alpha value is -0.900. The maximum absolute atomic E-state index is 3.45. The summed E-state index contributed by atoms with van der Waals surface area (Å²) in [6.45, 7) is 0. The molecule has 0 aromatic heterocycles. The van der Waals surface area contributed by atoms with Gasteiger partial charge in [0.2, 0.25) is 0 Å². The molecule has 0 aromatic rings. The first-order chi connectivity index (χ1) is 3.50. The molecule has 0 aromatic carbocycles. The van der Waals surface area contributed by atoms with Crippen molar-refractivity contribution in [1.82, 2.24) is 5.43 Å². The molecule has 0 amide bonds. The quantitative estimate of drug-likeness (QED) is 0.523. The lowest BCUT2D eigenvalue weighted by Crippen LogP contribution is -1.87. The Bertz CT molecular complexity index is 113. The number of nitrogens with one attached hydrogen (secondary N) is 1. The second-order valence-corrected chi connectivity index (χ2v) is 0.942. The Morgan fingerprint density at radius 3 is 3.12 bits per heavy atom. The lowest BCUT2D eigenvalue weighted by molar-refractivity contribution is 0.834. The van der Waals surface area contributed by atoms with Gasteiger partial charge < -0.3 is 0 Å². The zero-order chi connectivity index (χ0) is 4.95. The van der Waals surface area contributed by atoms with Gasteiger partial charge in [-0.15, -0.1) is 17.5 Å². The SMILES string of the molecule is C1=CNN=NN=C1.Cl. The van der Waals surface area contributed by atoms with Crippen molar-refractivity contribution in [1.29, 1.82) is 0 Å². The third kappa shape index (κ3) is 2.30. The second-order valence-electron chi connectivity index (χ2n) is 0.942. The number of nitrogens with zero attached hydrogens (tertiary/aromatic N) is 3. The van der Waals surface area contributed by atoms with Crippen molar-refractivity contribution in [3.05, 3.63) is 12.3 Å². The Labute approximate surface area is 52.8 Å². The fourth-order valence-corrected chi connectivity index (χ4v) is 0.239. The van der Waals surface area contributed by atoms with E-state index in [1.54, 1.807) is 18.5 Å². The molecule has 5 heteroatoms. The van der Waals surface area contributed by atoms with Crippen molar-refractivity contribution in [2.45, 2.75) is 0 Å². The molecule has 1 aliphatic heterocycles. The number of hydrogen-bond acceptors (Lipinski definition) is 4. The topological polar surface area (TPSA) is 49.1 Å². The van der Waals surface area contributed by atoms with Gasteiger partial charge in [-0.1, -0.05) is 0 Å². The molecule has 0 atom stereocenters. The van der Waals surface area contributed by atoms with E-state index in [9.17, 15) is 0 Å². The maximum atomic E-state index is 3.45. The van der Waals surface area contributed by atoms with Gasteiger partial charge in [-0.25, -0.2) is 0 Å². The summed E-state index contributed by atoms with van der Waals surface area (Å²) in [6, 6.07) is 0. The van der Waals surface area contributed by atoms with Crippen LogP contribution in [0.25, 0.3) is 0 Å². The number of hydrogen-bond donors (Lipinski definition) is 1. The molecular weight excluding hydrogens is 128 g/mol. The molecule has 0 spiro atoms. The van der Waals surface area contributed by atoms with Gasteiger partial charge >= 0.3 is 0 Å². The molecule has 1 heterocycles. The van der Waals surface area contributed by atoms with E-state index in [2.05, 4.69) is 21.0 Å². The van der Waals surface area contributed by atoms with Crippen LogP contribution in [0.4, 0.5) is 0 Å². The summed E-state index contributed by atoms with van der Waals surface area (Å²) in [5.74, 6) is 0. The molecule has 0 radical (unpaired) electrons. The van der Waals surface area contributed by atoms with Crippen LogP contribution >= 0.6 is 12.4 Å². The molecule has 4 nitrogen and oxygen atoms in total. The third-order valence-electron chi connectivity index (χ3n) is 0.478. The van der Waals surface area contributed by atoms with E-state index in [-0.39, 0.29) is 12.4 Å². The highest BCUT2D eigenvalue weighted by atomic mass is 35.5. The molecular formula is C3H5ClN4. The van der Waals surface area contributed by atoms with Gasteiger partial charge in [-0.05, 0) is 16.5 Å². The predicted octanol–water partition coefficient (Wildman–Crippen LogP) is 0.878. The van der Waals surface area contributed by atoms with Crippen LogP contribution < -0.4 is 5.43 Å². The summed E-state index contributed by atoms with van der Waals surface area (Å²) in [5, 5.41) is 10.1. The van der Waals surface area contributed by atoms with Crippen LogP contribution in [-0.4, -0.2) is 6.21 Å². The van der Waals surface area contributed by atoms with Gasteiger partial charge in [0.25, 0.3) is 0 Å². The Morgan fingerprint density at radius 1 is 1.38 bits per heavy atom. The molecule has 44 valence electrons. The molecule has 8 heavy (non-hydrogen) atoms. The van der Waals surface area contributed by atoms with Gasteiger partial charge in [0, 0.05) is 6.20 Å². The first-order valence-corrected chi connectivity index (χ1v) is 1.84. The standard InChI is InChI=1S/C3H4N4.ClH/c1-2-4-6-7-5-3-1;/h1-3H,(H,4,7);1H. The van der Waals surface area contributed by atoms with Crippen molar-refractivity contribution >= 4 is 18.6 Å². The first-order valence-electron chi connectivity index (χ1n) is 1.84. The Morgan fingerprint density at radius 2 is 2.25 bits per heavy atom. The minimum atomic E-state index is 0. The number of allylic oxidation sites excluding steroid dienone is 1. The van der Waals surface area contributed by atoms with E-state index in [4.69, 9.17) is 0 Å². The normalized spacial score (nSPS) is 14.0. The molecule has 0 aliphatic carbocycles. The van der Waals surface area contributed by atoms with E-state index < -0.39 is 0 Å². The highest BCUT2D eigenvalue weighted by Gasteiger charge is 1.69. The van der Waals surface area contributed by atoms with Crippen LogP contribution in [0.5, 0.6) is 0 Å². The zero-order valence-electron chi connectivity index (χ0n) is 3.98. The van der Waals surface area contributed by atoms with Crippen LogP contribution in [-0.2, 0) is 0 Å². The molecule has 0 unspecified atom stereocenters. The van der Waals surface area contributed by atoms with Crippen molar-refractivity contribution in [2.75, 3.05) is 0 Å². The molecule has 1 rings (SSSR count). The summed E-state index contributed by atoms with van der Waals surface area (Å²) >= 11 is 0. The molecule has 0 saturated heterocycles. The van der Waals surface area contributed by atoms with Gasteiger partial charge in [-0.3, -0.25) is 5.43 Å². The largest absolute Gasteiger partial charge is 0.266 e. The van der Waals surface area contributed by atoms with E-state index in [0.717, 1.165) is 0 Å².